The highest BCUT2D eigenvalue weighted by molar-refractivity contribution is 5.58. The van der Waals surface area contributed by atoms with E-state index in [9.17, 15) is 17.6 Å². The van der Waals surface area contributed by atoms with Crippen LogP contribution in [0.4, 0.5) is 23.4 Å². The minimum Gasteiger partial charge on any atom is -0.369 e. The fourth-order valence-corrected chi connectivity index (χ4v) is 3.21. The molecular formula is C19H15F4N3. The number of aromatic nitrogens is 2. The molecule has 134 valence electrons. The average Bonchev–Trinajstić information content (AvgIpc) is 3.20. The second-order valence-electron chi connectivity index (χ2n) is 6.18. The molecule has 0 amide bonds. The fourth-order valence-electron chi connectivity index (χ4n) is 3.21. The van der Waals surface area contributed by atoms with E-state index in [1.165, 1.54) is 16.8 Å². The van der Waals surface area contributed by atoms with Gasteiger partial charge in [0.05, 0.1) is 16.9 Å². The number of rotatable bonds is 3. The number of nitrogens with zero attached hydrogens (tertiary/aromatic N) is 2. The number of hydrogen-bond donors (Lipinski definition) is 1. The Morgan fingerprint density at radius 3 is 2.65 bits per heavy atom. The van der Waals surface area contributed by atoms with E-state index in [2.05, 4.69) is 10.4 Å². The molecule has 26 heavy (non-hydrogen) atoms. The van der Waals surface area contributed by atoms with Crippen molar-refractivity contribution in [1.29, 1.82) is 0 Å². The number of fused-ring (bicyclic) bond motifs is 1. The predicted molar refractivity (Wildman–Crippen MR) is 90.0 cm³/mol. The minimum absolute atomic E-state index is 0.294. The van der Waals surface area contributed by atoms with Crippen LogP contribution in [-0.2, 0) is 19.0 Å². The number of alkyl halides is 3. The lowest BCUT2D eigenvalue weighted by Gasteiger charge is -2.10. The van der Waals surface area contributed by atoms with Crippen LogP contribution in [0.1, 0.15) is 22.4 Å². The lowest BCUT2D eigenvalue weighted by Crippen LogP contribution is -2.08. The van der Waals surface area contributed by atoms with Gasteiger partial charge in [-0.05, 0) is 36.2 Å². The Morgan fingerprint density at radius 1 is 1.08 bits per heavy atom. The summed E-state index contributed by atoms with van der Waals surface area (Å²) in [5.74, 6) is 0.358. The molecule has 2 aromatic carbocycles. The second kappa shape index (κ2) is 6.16. The monoisotopic (exact) mass is 361 g/mol. The third-order valence-electron chi connectivity index (χ3n) is 4.47. The molecule has 1 N–H and O–H groups in total. The highest BCUT2D eigenvalue weighted by atomic mass is 19.4. The molecule has 7 heteroatoms. The zero-order valence-corrected chi connectivity index (χ0v) is 13.6. The molecule has 0 aliphatic carbocycles. The van der Waals surface area contributed by atoms with Crippen LogP contribution in [0.2, 0.25) is 0 Å². The largest absolute Gasteiger partial charge is 0.416 e. The smallest absolute Gasteiger partial charge is 0.369 e. The summed E-state index contributed by atoms with van der Waals surface area (Å²) < 4.78 is 54.5. The van der Waals surface area contributed by atoms with E-state index in [0.717, 1.165) is 17.7 Å². The van der Waals surface area contributed by atoms with Gasteiger partial charge in [0, 0.05) is 18.5 Å². The Hall–Kier alpha value is -2.83. The first-order valence-corrected chi connectivity index (χ1v) is 8.19. The van der Waals surface area contributed by atoms with Crippen molar-refractivity contribution in [3.8, 4) is 5.69 Å². The zero-order valence-electron chi connectivity index (χ0n) is 13.6. The predicted octanol–water partition coefficient (Wildman–Crippen LogP) is 4.59. The molecule has 0 radical (unpaired) electrons. The highest BCUT2D eigenvalue weighted by Crippen LogP contribution is 2.33. The lowest BCUT2D eigenvalue weighted by atomic mass is 10.1. The summed E-state index contributed by atoms with van der Waals surface area (Å²) in [5.41, 5.74) is 1.70. The van der Waals surface area contributed by atoms with Crippen LogP contribution in [0.25, 0.3) is 5.69 Å². The number of anilines is 1. The molecule has 3 aromatic rings. The summed E-state index contributed by atoms with van der Waals surface area (Å²) in [6.07, 6.45) is -3.42. The summed E-state index contributed by atoms with van der Waals surface area (Å²) in [5, 5.41) is 7.65. The number of benzene rings is 2. The van der Waals surface area contributed by atoms with Crippen LogP contribution >= 0.6 is 0 Å². The molecule has 1 aromatic heterocycles. The Bertz CT molecular complexity index is 960. The van der Waals surface area contributed by atoms with Gasteiger partial charge in [0.2, 0.25) is 0 Å². The van der Waals surface area contributed by atoms with Gasteiger partial charge in [0.1, 0.15) is 11.6 Å². The van der Waals surface area contributed by atoms with Crippen molar-refractivity contribution in [3.05, 3.63) is 76.7 Å². The maximum absolute atomic E-state index is 14.0. The summed E-state index contributed by atoms with van der Waals surface area (Å²) in [6, 6.07) is 11.5. The van der Waals surface area contributed by atoms with Gasteiger partial charge in [0.25, 0.3) is 0 Å². The number of nitrogens with one attached hydrogen (secondary N) is 1. The molecule has 0 fully saturated rings. The maximum Gasteiger partial charge on any atom is 0.416 e. The van der Waals surface area contributed by atoms with Gasteiger partial charge in [0.15, 0.2) is 0 Å². The molecule has 0 unspecified atom stereocenters. The molecule has 0 saturated heterocycles. The average molecular weight is 361 g/mol. The van der Waals surface area contributed by atoms with Crippen LogP contribution in [0, 0.1) is 5.82 Å². The van der Waals surface area contributed by atoms with E-state index in [4.69, 9.17) is 0 Å². The van der Waals surface area contributed by atoms with Crippen molar-refractivity contribution in [2.24, 2.45) is 0 Å². The standard InChI is InChI=1S/C19H15F4N3/c20-16-7-2-1-4-12(16)10-17-15-8-9-24-18(15)26(25-17)14-6-3-5-13(11-14)19(21,22)23/h1-7,11,24H,8-10H2. The summed E-state index contributed by atoms with van der Waals surface area (Å²) in [6.45, 7) is 0.677. The van der Waals surface area contributed by atoms with Gasteiger partial charge >= 0.3 is 6.18 Å². The van der Waals surface area contributed by atoms with Crippen molar-refractivity contribution in [2.45, 2.75) is 19.0 Å². The molecule has 0 saturated carbocycles. The number of halogens is 4. The van der Waals surface area contributed by atoms with Gasteiger partial charge in [-0.3, -0.25) is 0 Å². The van der Waals surface area contributed by atoms with E-state index in [0.29, 0.717) is 42.1 Å². The molecule has 1 aliphatic heterocycles. The van der Waals surface area contributed by atoms with E-state index >= 15 is 0 Å². The van der Waals surface area contributed by atoms with E-state index in [1.807, 2.05) is 0 Å². The Labute approximate surface area is 147 Å². The summed E-state index contributed by atoms with van der Waals surface area (Å²) in [7, 11) is 0. The van der Waals surface area contributed by atoms with Crippen molar-refractivity contribution in [1.82, 2.24) is 9.78 Å². The van der Waals surface area contributed by atoms with Crippen molar-refractivity contribution < 1.29 is 17.6 Å². The van der Waals surface area contributed by atoms with Gasteiger partial charge in [-0.1, -0.05) is 24.3 Å². The van der Waals surface area contributed by atoms with Crippen molar-refractivity contribution in [2.75, 3.05) is 11.9 Å². The maximum atomic E-state index is 14.0. The minimum atomic E-state index is -4.42. The molecule has 0 bridgehead atoms. The molecule has 0 atom stereocenters. The Balaban J connectivity index is 1.76. The summed E-state index contributed by atoms with van der Waals surface area (Å²) in [4.78, 5) is 0. The van der Waals surface area contributed by atoms with Gasteiger partial charge in [-0.15, -0.1) is 0 Å². The van der Waals surface area contributed by atoms with E-state index in [-0.39, 0.29) is 5.82 Å². The zero-order chi connectivity index (χ0) is 18.3. The first-order valence-electron chi connectivity index (χ1n) is 8.19. The Kier molecular flexibility index (Phi) is 3.94. The summed E-state index contributed by atoms with van der Waals surface area (Å²) >= 11 is 0. The first-order chi connectivity index (χ1) is 12.4. The SMILES string of the molecule is Fc1ccccc1Cc1nn(-c2cccc(C(F)(F)F)c2)c2c1CCN2. The molecule has 3 nitrogen and oxygen atoms in total. The van der Waals surface area contributed by atoms with Crippen LogP contribution in [0.3, 0.4) is 0 Å². The van der Waals surface area contributed by atoms with Gasteiger partial charge in [-0.25, -0.2) is 9.07 Å². The van der Waals surface area contributed by atoms with E-state index in [1.54, 1.807) is 24.3 Å². The Morgan fingerprint density at radius 2 is 1.88 bits per heavy atom. The molecular weight excluding hydrogens is 346 g/mol. The highest BCUT2D eigenvalue weighted by Gasteiger charge is 2.31. The van der Waals surface area contributed by atoms with Gasteiger partial charge < -0.3 is 5.32 Å². The topological polar surface area (TPSA) is 29.9 Å². The van der Waals surface area contributed by atoms with Crippen LogP contribution < -0.4 is 5.32 Å². The quantitative estimate of drug-likeness (QED) is 0.692. The van der Waals surface area contributed by atoms with Crippen LogP contribution in [-0.4, -0.2) is 16.3 Å². The molecule has 1 aliphatic rings. The third-order valence-corrected chi connectivity index (χ3v) is 4.47. The molecule has 4 rings (SSSR count). The van der Waals surface area contributed by atoms with Crippen molar-refractivity contribution in [3.63, 3.8) is 0 Å². The first kappa shape index (κ1) is 16.6. The normalized spacial score (nSPS) is 13.5. The van der Waals surface area contributed by atoms with Crippen molar-refractivity contribution >= 4 is 5.82 Å². The van der Waals surface area contributed by atoms with Crippen LogP contribution in [0.5, 0.6) is 0 Å². The van der Waals surface area contributed by atoms with E-state index < -0.39 is 11.7 Å². The van der Waals surface area contributed by atoms with Crippen LogP contribution in [0.15, 0.2) is 48.5 Å². The third kappa shape index (κ3) is 2.94. The molecule has 2 heterocycles. The number of hydrogen-bond acceptors (Lipinski definition) is 2. The lowest BCUT2D eigenvalue weighted by molar-refractivity contribution is -0.137. The fraction of sp³-hybridized carbons (Fsp3) is 0.211. The van der Waals surface area contributed by atoms with Gasteiger partial charge in [-0.2, -0.15) is 18.3 Å². The second-order valence-corrected chi connectivity index (χ2v) is 6.18. The molecule has 0 spiro atoms.